The van der Waals surface area contributed by atoms with E-state index in [0.29, 0.717) is 24.9 Å². The van der Waals surface area contributed by atoms with E-state index in [-0.39, 0.29) is 17.8 Å². The molecule has 2 aromatic carbocycles. The highest BCUT2D eigenvalue weighted by Crippen LogP contribution is 2.26. The van der Waals surface area contributed by atoms with Gasteiger partial charge in [-0.25, -0.2) is 4.39 Å². The molecule has 5 heteroatoms. The van der Waals surface area contributed by atoms with Crippen LogP contribution in [0.4, 0.5) is 4.39 Å². The van der Waals surface area contributed by atoms with Crippen molar-refractivity contribution in [2.45, 2.75) is 77.0 Å². The van der Waals surface area contributed by atoms with Crippen LogP contribution in [0.5, 0.6) is 0 Å². The zero-order valence-electron chi connectivity index (χ0n) is 20.0. The normalized spacial score (nSPS) is 15.4. The van der Waals surface area contributed by atoms with Crippen molar-refractivity contribution >= 4 is 5.91 Å². The molecule has 1 unspecified atom stereocenters. The van der Waals surface area contributed by atoms with Gasteiger partial charge >= 0.3 is 0 Å². The molecule has 0 spiro atoms. The summed E-state index contributed by atoms with van der Waals surface area (Å²) >= 11 is 0. The molecule has 0 radical (unpaired) electrons. The van der Waals surface area contributed by atoms with Crippen molar-refractivity contribution in [3.8, 4) is 0 Å². The van der Waals surface area contributed by atoms with Gasteiger partial charge in [0, 0.05) is 18.6 Å². The van der Waals surface area contributed by atoms with Crippen molar-refractivity contribution in [2.75, 3.05) is 0 Å². The molecule has 1 amide bonds. The number of aryl methyl sites for hydroxylation is 1. The maximum absolute atomic E-state index is 13.8. The van der Waals surface area contributed by atoms with Gasteiger partial charge in [-0.3, -0.25) is 9.69 Å². The summed E-state index contributed by atoms with van der Waals surface area (Å²) in [5.41, 5.74) is 2.23. The number of benzene rings is 2. The van der Waals surface area contributed by atoms with Crippen LogP contribution in [-0.4, -0.2) is 22.9 Å². The average molecular weight is 463 g/mol. The van der Waals surface area contributed by atoms with Crippen molar-refractivity contribution in [1.82, 2.24) is 10.2 Å². The summed E-state index contributed by atoms with van der Waals surface area (Å²) in [4.78, 5) is 15.1. The van der Waals surface area contributed by atoms with Gasteiger partial charge in [0.2, 0.25) is 0 Å². The Morgan fingerprint density at radius 3 is 2.53 bits per heavy atom. The van der Waals surface area contributed by atoms with Crippen molar-refractivity contribution < 1.29 is 13.6 Å². The van der Waals surface area contributed by atoms with E-state index in [1.807, 2.05) is 37.3 Å². The van der Waals surface area contributed by atoms with Gasteiger partial charge in [-0.2, -0.15) is 0 Å². The minimum Gasteiger partial charge on any atom is -0.455 e. The zero-order chi connectivity index (χ0) is 23.8. The van der Waals surface area contributed by atoms with Crippen LogP contribution < -0.4 is 5.32 Å². The molecule has 3 aromatic rings. The number of nitrogens with zero attached hydrogens (tertiary/aromatic N) is 1. The third-order valence-corrected chi connectivity index (χ3v) is 6.70. The van der Waals surface area contributed by atoms with Gasteiger partial charge in [-0.05, 0) is 68.0 Å². The second-order valence-corrected chi connectivity index (χ2v) is 9.49. The van der Waals surface area contributed by atoms with E-state index in [4.69, 9.17) is 4.42 Å². The van der Waals surface area contributed by atoms with Gasteiger partial charge in [0.1, 0.15) is 11.6 Å². The van der Waals surface area contributed by atoms with Crippen LogP contribution in [0.15, 0.2) is 71.1 Å². The van der Waals surface area contributed by atoms with Gasteiger partial charge in [0.15, 0.2) is 5.76 Å². The molecule has 4 rings (SSSR count). The second kappa shape index (κ2) is 12.0. The maximum atomic E-state index is 13.8. The first kappa shape index (κ1) is 24.2. The summed E-state index contributed by atoms with van der Waals surface area (Å²) in [5, 5.41) is 3.05. The first-order valence-electron chi connectivity index (χ1n) is 12.5. The van der Waals surface area contributed by atoms with Crippen LogP contribution in [0.2, 0.25) is 0 Å². The van der Waals surface area contributed by atoms with Crippen LogP contribution in [-0.2, 0) is 19.5 Å². The first-order valence-corrected chi connectivity index (χ1v) is 12.5. The Hall–Kier alpha value is -2.92. The van der Waals surface area contributed by atoms with Crippen molar-refractivity contribution in [2.24, 2.45) is 0 Å². The van der Waals surface area contributed by atoms with Gasteiger partial charge < -0.3 is 9.73 Å². The van der Waals surface area contributed by atoms with Crippen LogP contribution in [0.3, 0.4) is 0 Å². The fraction of sp³-hybridized carbons (Fsp3) is 0.414. The predicted octanol–water partition coefficient (Wildman–Crippen LogP) is 6.50. The number of halogens is 1. The summed E-state index contributed by atoms with van der Waals surface area (Å²) in [7, 11) is 0. The maximum Gasteiger partial charge on any atom is 0.287 e. The zero-order valence-corrected chi connectivity index (χ0v) is 20.0. The summed E-state index contributed by atoms with van der Waals surface area (Å²) in [6, 6.07) is 21.3. The number of carbonyl (C=O) groups excluding carboxylic acids is 1. The molecule has 0 aliphatic heterocycles. The average Bonchev–Trinajstić information content (AvgIpc) is 3.32. The number of rotatable bonds is 10. The van der Waals surface area contributed by atoms with Crippen molar-refractivity contribution in [3.05, 3.63) is 95.2 Å². The quantitative estimate of drug-likeness (QED) is 0.374. The molecule has 1 aliphatic carbocycles. The first-order chi connectivity index (χ1) is 16.6. The number of nitrogens with one attached hydrogen (secondary N) is 1. The van der Waals surface area contributed by atoms with Crippen LogP contribution in [0, 0.1) is 5.82 Å². The van der Waals surface area contributed by atoms with E-state index in [1.165, 1.54) is 30.9 Å². The fourth-order valence-corrected chi connectivity index (χ4v) is 4.81. The molecule has 180 valence electrons. The third-order valence-electron chi connectivity index (χ3n) is 6.70. The molecule has 1 aliphatic rings. The molecule has 4 nitrogen and oxygen atoms in total. The smallest absolute Gasteiger partial charge is 0.287 e. The molecular formula is C29H35FN2O2. The van der Waals surface area contributed by atoms with Gasteiger partial charge in [0.25, 0.3) is 5.91 Å². The monoisotopic (exact) mass is 462 g/mol. The van der Waals surface area contributed by atoms with E-state index in [2.05, 4.69) is 22.3 Å². The summed E-state index contributed by atoms with van der Waals surface area (Å²) < 4.78 is 19.7. The molecule has 0 saturated heterocycles. The Morgan fingerprint density at radius 1 is 1.00 bits per heavy atom. The molecule has 1 aromatic heterocycles. The molecule has 0 bridgehead atoms. The Morgan fingerprint density at radius 2 is 1.76 bits per heavy atom. The Balaban J connectivity index is 1.36. The molecule has 1 heterocycles. The standard InChI is InChI=1S/C29H35FN2O2/c1-22(15-16-23-9-4-2-5-10-23)31-29(33)28-18-17-27(34-28)21-32(26-13-6-3-7-14-26)20-24-11-8-12-25(30)19-24/h2,4-5,8-12,17-19,22,26H,3,6-7,13-16,20-21H2,1H3,(H,31,33). The van der Waals surface area contributed by atoms with E-state index in [9.17, 15) is 9.18 Å². The van der Waals surface area contributed by atoms with Crippen LogP contribution in [0.1, 0.15) is 72.9 Å². The lowest BCUT2D eigenvalue weighted by molar-refractivity contribution is 0.0900. The SMILES string of the molecule is CC(CCc1ccccc1)NC(=O)c1ccc(CN(Cc2cccc(F)c2)C2CCCCC2)o1. The largest absolute Gasteiger partial charge is 0.455 e. The molecule has 1 atom stereocenters. The third kappa shape index (κ3) is 7.04. The minimum atomic E-state index is -0.209. The summed E-state index contributed by atoms with van der Waals surface area (Å²) in [6.07, 6.45) is 7.78. The van der Waals surface area contributed by atoms with Gasteiger partial charge in [-0.15, -0.1) is 0 Å². The number of carbonyl (C=O) groups is 1. The topological polar surface area (TPSA) is 45.5 Å². The van der Waals surface area contributed by atoms with Crippen molar-refractivity contribution in [3.63, 3.8) is 0 Å². The molecule has 34 heavy (non-hydrogen) atoms. The van der Waals surface area contributed by atoms with E-state index in [1.54, 1.807) is 18.2 Å². The number of hydrogen-bond acceptors (Lipinski definition) is 3. The Kier molecular flexibility index (Phi) is 8.53. The lowest BCUT2D eigenvalue weighted by Gasteiger charge is -2.34. The summed E-state index contributed by atoms with van der Waals surface area (Å²) in [6.45, 7) is 3.30. The molecule has 1 fully saturated rings. The highest BCUT2D eigenvalue weighted by Gasteiger charge is 2.23. The highest BCUT2D eigenvalue weighted by molar-refractivity contribution is 5.91. The van der Waals surface area contributed by atoms with Crippen LogP contribution >= 0.6 is 0 Å². The Labute approximate surface area is 202 Å². The minimum absolute atomic E-state index is 0.0490. The number of hydrogen-bond donors (Lipinski definition) is 1. The van der Waals surface area contributed by atoms with E-state index in [0.717, 1.165) is 37.0 Å². The predicted molar refractivity (Wildman–Crippen MR) is 133 cm³/mol. The number of amides is 1. The number of furan rings is 1. The highest BCUT2D eigenvalue weighted by atomic mass is 19.1. The molecule has 1 saturated carbocycles. The Bertz CT molecular complexity index is 1040. The fourth-order valence-electron chi connectivity index (χ4n) is 4.81. The lowest BCUT2D eigenvalue weighted by atomic mass is 9.93. The van der Waals surface area contributed by atoms with Crippen LogP contribution in [0.25, 0.3) is 0 Å². The van der Waals surface area contributed by atoms with E-state index < -0.39 is 0 Å². The van der Waals surface area contributed by atoms with Gasteiger partial charge in [0.05, 0.1) is 6.54 Å². The van der Waals surface area contributed by atoms with E-state index >= 15 is 0 Å². The lowest BCUT2D eigenvalue weighted by Crippen LogP contribution is -2.35. The van der Waals surface area contributed by atoms with Gasteiger partial charge in [-0.1, -0.05) is 61.7 Å². The molecule has 1 N–H and O–H groups in total. The molecular weight excluding hydrogens is 427 g/mol. The van der Waals surface area contributed by atoms with Crippen molar-refractivity contribution in [1.29, 1.82) is 0 Å². The summed E-state index contributed by atoms with van der Waals surface area (Å²) in [5.74, 6) is 0.723. The second-order valence-electron chi connectivity index (χ2n) is 9.49.